The second-order valence-corrected chi connectivity index (χ2v) is 3.83. The molecule has 1 saturated carbocycles. The second kappa shape index (κ2) is 3.38. The first-order valence-corrected chi connectivity index (χ1v) is 4.89. The molecule has 2 nitrogen and oxygen atoms in total. The Morgan fingerprint density at radius 2 is 1.92 bits per heavy atom. The van der Waals surface area contributed by atoms with Gasteiger partial charge in [0.2, 0.25) is 0 Å². The zero-order chi connectivity index (χ0) is 9.26. The van der Waals surface area contributed by atoms with Crippen molar-refractivity contribution in [2.75, 3.05) is 5.73 Å². The summed E-state index contributed by atoms with van der Waals surface area (Å²) in [7, 11) is 0. The van der Waals surface area contributed by atoms with Gasteiger partial charge in [0.05, 0.1) is 0 Å². The van der Waals surface area contributed by atoms with Crippen LogP contribution in [0.2, 0.25) is 0 Å². The lowest BCUT2D eigenvalue weighted by Gasteiger charge is -2.17. The van der Waals surface area contributed by atoms with Crippen LogP contribution in [0.1, 0.15) is 30.7 Å². The van der Waals surface area contributed by atoms with E-state index in [1.807, 2.05) is 18.2 Å². The highest BCUT2D eigenvalue weighted by Crippen LogP contribution is 2.35. The fourth-order valence-corrected chi connectivity index (χ4v) is 2.22. The summed E-state index contributed by atoms with van der Waals surface area (Å²) >= 11 is 0. The number of para-hydroxylation sites is 1. The Bertz CT molecular complexity index is 296. The van der Waals surface area contributed by atoms with Crippen molar-refractivity contribution in [2.45, 2.75) is 31.2 Å². The van der Waals surface area contributed by atoms with Crippen LogP contribution in [0, 0.1) is 0 Å². The monoisotopic (exact) mass is 176 g/mol. The van der Waals surface area contributed by atoms with Gasteiger partial charge < -0.3 is 11.5 Å². The normalized spacial score (nSPS) is 27.8. The molecule has 1 aromatic carbocycles. The van der Waals surface area contributed by atoms with Crippen molar-refractivity contribution in [1.82, 2.24) is 0 Å². The highest BCUT2D eigenvalue weighted by atomic mass is 14.7. The average Bonchev–Trinajstić information content (AvgIpc) is 2.52. The van der Waals surface area contributed by atoms with Gasteiger partial charge in [0, 0.05) is 17.6 Å². The number of benzene rings is 1. The van der Waals surface area contributed by atoms with Gasteiger partial charge in [0.1, 0.15) is 0 Å². The van der Waals surface area contributed by atoms with Crippen molar-refractivity contribution in [3.63, 3.8) is 0 Å². The van der Waals surface area contributed by atoms with Crippen molar-refractivity contribution >= 4 is 5.69 Å². The van der Waals surface area contributed by atoms with Crippen molar-refractivity contribution in [3.8, 4) is 0 Å². The minimum atomic E-state index is 0.310. The van der Waals surface area contributed by atoms with Gasteiger partial charge in [-0.1, -0.05) is 24.6 Å². The van der Waals surface area contributed by atoms with E-state index in [1.54, 1.807) is 0 Å². The summed E-state index contributed by atoms with van der Waals surface area (Å²) in [6.07, 6.45) is 3.56. The maximum absolute atomic E-state index is 6.02. The molecule has 1 aromatic rings. The molecular formula is C11H16N2. The summed E-state index contributed by atoms with van der Waals surface area (Å²) in [6.45, 7) is 0. The minimum Gasteiger partial charge on any atom is -0.398 e. The van der Waals surface area contributed by atoms with Gasteiger partial charge in [-0.3, -0.25) is 0 Å². The molecule has 13 heavy (non-hydrogen) atoms. The van der Waals surface area contributed by atoms with Crippen LogP contribution < -0.4 is 11.5 Å². The maximum atomic E-state index is 6.02. The van der Waals surface area contributed by atoms with Gasteiger partial charge in [-0.05, 0) is 24.5 Å². The molecule has 2 heteroatoms. The van der Waals surface area contributed by atoms with Gasteiger partial charge in [0.25, 0.3) is 0 Å². The largest absolute Gasteiger partial charge is 0.398 e. The lowest BCUT2D eigenvalue weighted by atomic mass is 9.93. The lowest BCUT2D eigenvalue weighted by molar-refractivity contribution is 0.614. The summed E-state index contributed by atoms with van der Waals surface area (Å²) in [5, 5.41) is 0. The molecule has 1 aliphatic carbocycles. The van der Waals surface area contributed by atoms with E-state index in [0.717, 1.165) is 12.1 Å². The molecular weight excluding hydrogens is 160 g/mol. The molecule has 0 amide bonds. The van der Waals surface area contributed by atoms with Crippen molar-refractivity contribution in [1.29, 1.82) is 0 Å². The second-order valence-electron chi connectivity index (χ2n) is 3.83. The zero-order valence-electron chi connectivity index (χ0n) is 7.74. The Labute approximate surface area is 78.9 Å². The van der Waals surface area contributed by atoms with E-state index in [4.69, 9.17) is 11.5 Å². The highest BCUT2D eigenvalue weighted by Gasteiger charge is 2.26. The molecule has 1 fully saturated rings. The highest BCUT2D eigenvalue weighted by molar-refractivity contribution is 5.49. The minimum absolute atomic E-state index is 0.310. The third-order valence-electron chi connectivity index (χ3n) is 2.96. The fraction of sp³-hybridized carbons (Fsp3) is 0.455. The molecule has 2 rings (SSSR count). The van der Waals surface area contributed by atoms with E-state index in [0.29, 0.717) is 12.0 Å². The third kappa shape index (κ3) is 1.54. The van der Waals surface area contributed by atoms with E-state index in [9.17, 15) is 0 Å². The quantitative estimate of drug-likeness (QED) is 0.642. The van der Waals surface area contributed by atoms with Crippen LogP contribution in [0.3, 0.4) is 0 Å². The van der Waals surface area contributed by atoms with Crippen molar-refractivity contribution in [2.24, 2.45) is 5.73 Å². The Hall–Kier alpha value is -1.02. The van der Waals surface area contributed by atoms with Gasteiger partial charge >= 0.3 is 0 Å². The maximum Gasteiger partial charge on any atom is 0.0350 e. The molecule has 0 unspecified atom stereocenters. The molecule has 0 aromatic heterocycles. The first-order valence-electron chi connectivity index (χ1n) is 4.89. The third-order valence-corrected chi connectivity index (χ3v) is 2.96. The Kier molecular flexibility index (Phi) is 2.23. The molecule has 1 aliphatic rings. The average molecular weight is 176 g/mol. The van der Waals surface area contributed by atoms with E-state index in [1.165, 1.54) is 18.4 Å². The van der Waals surface area contributed by atoms with Gasteiger partial charge in [0.15, 0.2) is 0 Å². The molecule has 2 atom stereocenters. The SMILES string of the molecule is Nc1ccccc1[C@H]1CCC[C@H]1N. The van der Waals surface area contributed by atoms with Gasteiger partial charge in [-0.2, -0.15) is 0 Å². The molecule has 0 radical (unpaired) electrons. The standard InChI is InChI=1S/C11H16N2/c12-10-6-2-1-4-8(10)9-5-3-7-11(9)13/h1-2,4,6,9,11H,3,5,7,12-13H2/t9-,11-/m1/s1. The molecule has 0 aliphatic heterocycles. The molecule has 4 N–H and O–H groups in total. The number of anilines is 1. The number of nitrogens with two attached hydrogens (primary N) is 2. The number of hydrogen-bond acceptors (Lipinski definition) is 2. The first kappa shape index (κ1) is 8.57. The number of rotatable bonds is 1. The molecule has 0 saturated heterocycles. The van der Waals surface area contributed by atoms with Crippen LogP contribution in [-0.2, 0) is 0 Å². The van der Waals surface area contributed by atoms with Crippen molar-refractivity contribution in [3.05, 3.63) is 29.8 Å². The summed E-state index contributed by atoms with van der Waals surface area (Å²) < 4.78 is 0. The van der Waals surface area contributed by atoms with Crippen LogP contribution in [0.15, 0.2) is 24.3 Å². The topological polar surface area (TPSA) is 52.0 Å². The Morgan fingerprint density at radius 1 is 1.15 bits per heavy atom. The summed E-state index contributed by atoms with van der Waals surface area (Å²) in [6, 6.07) is 8.38. The molecule has 0 heterocycles. The van der Waals surface area contributed by atoms with Crippen LogP contribution in [0.4, 0.5) is 5.69 Å². The van der Waals surface area contributed by atoms with Gasteiger partial charge in [-0.25, -0.2) is 0 Å². The molecule has 0 spiro atoms. The van der Waals surface area contributed by atoms with Crippen molar-refractivity contribution < 1.29 is 0 Å². The molecule has 0 bridgehead atoms. The summed E-state index contributed by atoms with van der Waals surface area (Å²) in [5.41, 5.74) is 14.1. The number of nitrogen functional groups attached to an aromatic ring is 1. The summed E-state index contributed by atoms with van der Waals surface area (Å²) in [5.74, 6) is 0.487. The first-order chi connectivity index (χ1) is 6.29. The van der Waals surface area contributed by atoms with E-state index < -0.39 is 0 Å². The van der Waals surface area contributed by atoms with E-state index >= 15 is 0 Å². The zero-order valence-corrected chi connectivity index (χ0v) is 7.74. The fourth-order valence-electron chi connectivity index (χ4n) is 2.22. The predicted molar refractivity (Wildman–Crippen MR) is 55.4 cm³/mol. The van der Waals surface area contributed by atoms with Gasteiger partial charge in [-0.15, -0.1) is 0 Å². The van der Waals surface area contributed by atoms with Crippen LogP contribution in [0.5, 0.6) is 0 Å². The Balaban J connectivity index is 2.29. The van der Waals surface area contributed by atoms with E-state index in [2.05, 4.69) is 6.07 Å². The Morgan fingerprint density at radius 3 is 2.54 bits per heavy atom. The van der Waals surface area contributed by atoms with Crippen LogP contribution >= 0.6 is 0 Å². The van der Waals surface area contributed by atoms with Crippen LogP contribution in [-0.4, -0.2) is 6.04 Å². The predicted octanol–water partition coefficient (Wildman–Crippen LogP) is 1.86. The van der Waals surface area contributed by atoms with Crippen LogP contribution in [0.25, 0.3) is 0 Å². The lowest BCUT2D eigenvalue weighted by Crippen LogP contribution is -2.23. The molecule has 70 valence electrons. The smallest absolute Gasteiger partial charge is 0.0350 e. The van der Waals surface area contributed by atoms with E-state index in [-0.39, 0.29) is 0 Å². The number of hydrogen-bond donors (Lipinski definition) is 2. The summed E-state index contributed by atoms with van der Waals surface area (Å²) in [4.78, 5) is 0.